The molecule has 0 spiro atoms. The fraction of sp³-hybridized carbons (Fsp3) is 0.476. The Kier molecular flexibility index (Phi) is 3.33. The van der Waals surface area contributed by atoms with Crippen LogP contribution < -0.4 is 0 Å². The number of hydrogen-bond donors (Lipinski definition) is 0. The molecule has 27 heavy (non-hydrogen) atoms. The van der Waals surface area contributed by atoms with Crippen LogP contribution in [0.3, 0.4) is 0 Å². The van der Waals surface area contributed by atoms with Gasteiger partial charge in [-0.15, -0.1) is 0 Å². The number of para-hydroxylation sites is 1. The van der Waals surface area contributed by atoms with E-state index in [-0.39, 0.29) is 22.7 Å². The van der Waals surface area contributed by atoms with Gasteiger partial charge in [0, 0.05) is 12.4 Å². The van der Waals surface area contributed by atoms with Crippen molar-refractivity contribution in [1.29, 1.82) is 0 Å². The molecule has 1 aromatic carbocycles. The second kappa shape index (κ2) is 5.44. The van der Waals surface area contributed by atoms with Crippen molar-refractivity contribution >= 4 is 33.8 Å². The number of rotatable bonds is 2. The van der Waals surface area contributed by atoms with E-state index in [0.29, 0.717) is 0 Å². The van der Waals surface area contributed by atoms with Gasteiger partial charge in [-0.3, -0.25) is 18.8 Å². The predicted octanol–water partition coefficient (Wildman–Crippen LogP) is 3.68. The normalized spacial score (nSPS) is 27.3. The molecular formula is C21H23N3O3. The Morgan fingerprint density at radius 3 is 2.30 bits per heavy atom. The van der Waals surface area contributed by atoms with Crippen LogP contribution in [0.2, 0.25) is 0 Å². The van der Waals surface area contributed by atoms with Crippen LogP contribution in [-0.4, -0.2) is 33.3 Å². The Morgan fingerprint density at radius 2 is 1.63 bits per heavy atom. The van der Waals surface area contributed by atoms with Crippen molar-refractivity contribution in [3.63, 3.8) is 0 Å². The van der Waals surface area contributed by atoms with Crippen molar-refractivity contribution in [3.8, 4) is 0 Å². The summed E-state index contributed by atoms with van der Waals surface area (Å²) in [5.41, 5.74) is 2.04. The van der Waals surface area contributed by atoms with Crippen molar-refractivity contribution in [2.75, 3.05) is 7.11 Å². The second-order valence-electron chi connectivity index (χ2n) is 8.21. The molecule has 3 fully saturated rings. The molecule has 0 unspecified atom stereocenters. The fourth-order valence-corrected chi connectivity index (χ4v) is 5.39. The minimum absolute atomic E-state index is 0.107. The summed E-state index contributed by atoms with van der Waals surface area (Å²) in [6.45, 7) is 0. The first-order valence-electron chi connectivity index (χ1n) is 9.56. The van der Waals surface area contributed by atoms with E-state index in [1.807, 2.05) is 40.6 Å². The average Bonchev–Trinajstić information content (AvgIpc) is 3.26. The van der Waals surface area contributed by atoms with Crippen molar-refractivity contribution in [2.45, 2.75) is 38.5 Å². The summed E-state index contributed by atoms with van der Waals surface area (Å²) < 4.78 is 8.76. The molecule has 0 atom stereocenters. The molecule has 2 aromatic heterocycles. The van der Waals surface area contributed by atoms with Crippen LogP contribution in [0.25, 0.3) is 21.9 Å². The van der Waals surface area contributed by atoms with Gasteiger partial charge in [0.1, 0.15) is 0 Å². The number of fused-ring (bicyclic) bond motifs is 6. The lowest BCUT2D eigenvalue weighted by atomic mass is 9.53. The molecule has 3 saturated carbocycles. The number of nitrogens with zero attached hydrogens (tertiary/aromatic N) is 3. The maximum absolute atomic E-state index is 13.8. The smallest absolute Gasteiger partial charge is 0.311 e. The van der Waals surface area contributed by atoms with Crippen molar-refractivity contribution in [2.24, 2.45) is 17.9 Å². The van der Waals surface area contributed by atoms with Gasteiger partial charge in [-0.1, -0.05) is 18.2 Å². The predicted molar refractivity (Wildman–Crippen MR) is 101 cm³/mol. The number of carbonyl (C=O) groups is 2. The maximum atomic E-state index is 13.8. The summed E-state index contributed by atoms with van der Waals surface area (Å²) in [4.78, 5) is 26.1. The van der Waals surface area contributed by atoms with E-state index >= 15 is 0 Å². The first-order valence-corrected chi connectivity index (χ1v) is 9.56. The molecular weight excluding hydrogens is 342 g/mol. The highest BCUT2D eigenvalue weighted by atomic mass is 16.5. The third-order valence-electron chi connectivity index (χ3n) is 7.08. The van der Waals surface area contributed by atoms with Gasteiger partial charge in [-0.05, 0) is 44.6 Å². The second-order valence-corrected chi connectivity index (χ2v) is 8.21. The number of ether oxygens (including phenoxy) is 1. The summed E-state index contributed by atoms with van der Waals surface area (Å²) in [7, 11) is 3.37. The molecule has 6 rings (SSSR count). The Morgan fingerprint density at radius 1 is 1.00 bits per heavy atom. The summed E-state index contributed by atoms with van der Waals surface area (Å²) in [6.07, 6.45) is 6.23. The minimum atomic E-state index is -0.389. The van der Waals surface area contributed by atoms with Crippen LogP contribution in [0.4, 0.5) is 0 Å². The van der Waals surface area contributed by atoms with Crippen LogP contribution >= 0.6 is 0 Å². The number of aromatic nitrogens is 3. The molecule has 140 valence electrons. The molecule has 0 amide bonds. The third kappa shape index (κ3) is 2.04. The largest absolute Gasteiger partial charge is 0.469 e. The maximum Gasteiger partial charge on any atom is 0.311 e. The highest BCUT2D eigenvalue weighted by molar-refractivity contribution is 6.12. The minimum Gasteiger partial charge on any atom is -0.469 e. The van der Waals surface area contributed by atoms with Gasteiger partial charge >= 0.3 is 5.97 Å². The van der Waals surface area contributed by atoms with Crippen molar-refractivity contribution in [1.82, 2.24) is 14.3 Å². The zero-order valence-electron chi connectivity index (χ0n) is 15.7. The van der Waals surface area contributed by atoms with Gasteiger partial charge < -0.3 is 4.74 Å². The number of carbonyl (C=O) groups excluding carboxylic acids is 2. The summed E-state index contributed by atoms with van der Waals surface area (Å²) in [5, 5.41) is 5.43. The van der Waals surface area contributed by atoms with E-state index in [1.165, 1.54) is 7.11 Å². The van der Waals surface area contributed by atoms with Gasteiger partial charge in [-0.2, -0.15) is 5.10 Å². The van der Waals surface area contributed by atoms with Crippen LogP contribution in [0, 0.1) is 10.8 Å². The van der Waals surface area contributed by atoms with Gasteiger partial charge in [-0.25, -0.2) is 0 Å². The molecule has 6 heteroatoms. The molecule has 0 N–H and O–H groups in total. The number of esters is 1. The zero-order chi connectivity index (χ0) is 18.8. The standard InChI is InChI=1S/C21H23N3O3/c1-23-17-14-5-3-4-6-15(14)24(16(17)13-22-23)18(25)20-7-10-21(11-8-20,12-9-20)19(26)27-2/h3-6,13H,7-12H2,1-2H3. The zero-order valence-corrected chi connectivity index (χ0v) is 15.7. The Bertz CT molecular complexity index is 1070. The Hall–Kier alpha value is -2.63. The summed E-state index contributed by atoms with van der Waals surface area (Å²) in [6, 6.07) is 8.02. The van der Waals surface area contributed by atoms with E-state index < -0.39 is 0 Å². The molecule has 3 aromatic rings. The number of aryl methyl sites for hydroxylation is 1. The highest BCUT2D eigenvalue weighted by Gasteiger charge is 2.56. The lowest BCUT2D eigenvalue weighted by molar-refractivity contribution is -0.161. The fourth-order valence-electron chi connectivity index (χ4n) is 5.39. The van der Waals surface area contributed by atoms with E-state index in [1.54, 1.807) is 6.20 Å². The first kappa shape index (κ1) is 16.5. The molecule has 2 heterocycles. The van der Waals surface area contributed by atoms with Gasteiger partial charge in [0.15, 0.2) is 0 Å². The molecule has 2 bridgehead atoms. The molecule has 0 aliphatic heterocycles. The SMILES string of the molecule is COC(=O)C12CCC(C(=O)n3c4ccccc4c4c3cnn4C)(CC1)CC2. The van der Waals surface area contributed by atoms with E-state index in [4.69, 9.17) is 4.74 Å². The van der Waals surface area contributed by atoms with E-state index in [2.05, 4.69) is 5.10 Å². The Balaban J connectivity index is 1.61. The van der Waals surface area contributed by atoms with E-state index in [0.717, 1.165) is 60.5 Å². The third-order valence-corrected chi connectivity index (χ3v) is 7.08. The molecule has 6 nitrogen and oxygen atoms in total. The van der Waals surface area contributed by atoms with Gasteiger partial charge in [0.2, 0.25) is 5.91 Å². The Labute approximate surface area is 157 Å². The number of benzene rings is 1. The van der Waals surface area contributed by atoms with Crippen LogP contribution in [0.15, 0.2) is 30.5 Å². The molecule has 3 aliphatic rings. The monoisotopic (exact) mass is 365 g/mol. The average molecular weight is 365 g/mol. The van der Waals surface area contributed by atoms with Crippen molar-refractivity contribution < 1.29 is 14.3 Å². The molecule has 0 saturated heterocycles. The summed E-state index contributed by atoms with van der Waals surface area (Å²) in [5.74, 6) is 0.0455. The lowest BCUT2D eigenvalue weighted by Crippen LogP contribution is -2.50. The van der Waals surface area contributed by atoms with Crippen LogP contribution in [-0.2, 0) is 16.6 Å². The summed E-state index contributed by atoms with van der Waals surface area (Å²) >= 11 is 0. The molecule has 0 radical (unpaired) electrons. The van der Waals surface area contributed by atoms with Gasteiger partial charge in [0.25, 0.3) is 0 Å². The first-order chi connectivity index (χ1) is 13.0. The van der Waals surface area contributed by atoms with Crippen molar-refractivity contribution in [3.05, 3.63) is 30.5 Å². The highest BCUT2D eigenvalue weighted by Crippen LogP contribution is 2.58. The number of methoxy groups -OCH3 is 1. The molecule has 3 aliphatic carbocycles. The van der Waals surface area contributed by atoms with Crippen LogP contribution in [0.5, 0.6) is 0 Å². The lowest BCUT2D eigenvalue weighted by Gasteiger charge is -2.50. The quantitative estimate of drug-likeness (QED) is 0.650. The topological polar surface area (TPSA) is 66.1 Å². The number of hydrogen-bond acceptors (Lipinski definition) is 4. The van der Waals surface area contributed by atoms with E-state index in [9.17, 15) is 9.59 Å². The van der Waals surface area contributed by atoms with Gasteiger partial charge in [0.05, 0.1) is 40.7 Å². The van der Waals surface area contributed by atoms with Crippen LogP contribution in [0.1, 0.15) is 43.3 Å².